The second-order valence-electron chi connectivity index (χ2n) is 5.51. The quantitative estimate of drug-likeness (QED) is 0.757. The summed E-state index contributed by atoms with van der Waals surface area (Å²) in [6.07, 6.45) is 0. The average Bonchev–Trinajstić information content (AvgIpc) is 3.08. The van der Waals surface area contributed by atoms with Gasteiger partial charge >= 0.3 is 0 Å². The number of rotatable bonds is 4. The van der Waals surface area contributed by atoms with Crippen molar-refractivity contribution in [1.29, 1.82) is 0 Å². The highest BCUT2D eigenvalue weighted by atomic mass is 32.1. The molecule has 0 unspecified atom stereocenters. The third-order valence-electron chi connectivity index (χ3n) is 3.91. The van der Waals surface area contributed by atoms with Crippen molar-refractivity contribution in [1.82, 2.24) is 4.98 Å². The fourth-order valence-electron chi connectivity index (χ4n) is 2.66. The lowest BCUT2D eigenvalue weighted by Gasteiger charge is -2.18. The van der Waals surface area contributed by atoms with Crippen LogP contribution in [0.5, 0.6) is 23.0 Å². The van der Waals surface area contributed by atoms with Gasteiger partial charge in [-0.1, -0.05) is 11.3 Å². The predicted molar refractivity (Wildman–Crippen MR) is 98.1 cm³/mol. The zero-order valence-corrected chi connectivity index (χ0v) is 15.0. The molecule has 0 atom stereocenters. The van der Waals surface area contributed by atoms with Crippen LogP contribution in [0, 0.1) is 0 Å². The van der Waals surface area contributed by atoms with Crippen molar-refractivity contribution in [3.05, 3.63) is 35.9 Å². The monoisotopic (exact) mass is 372 g/mol. The Bertz CT molecular complexity index is 985. The Balaban J connectivity index is 1.61. The zero-order valence-electron chi connectivity index (χ0n) is 14.2. The van der Waals surface area contributed by atoms with E-state index in [2.05, 4.69) is 10.3 Å². The summed E-state index contributed by atoms with van der Waals surface area (Å²) in [6.45, 7) is 0.979. The number of hydrogen-bond acceptors (Lipinski definition) is 7. The Hall–Kier alpha value is -3.00. The van der Waals surface area contributed by atoms with Crippen molar-refractivity contribution < 1.29 is 23.7 Å². The van der Waals surface area contributed by atoms with Crippen LogP contribution in [0.3, 0.4) is 0 Å². The van der Waals surface area contributed by atoms with Crippen LogP contribution < -0.4 is 24.3 Å². The normalized spacial score (nSPS) is 12.7. The molecule has 0 saturated carbocycles. The maximum Gasteiger partial charge on any atom is 0.257 e. The average molecular weight is 372 g/mol. The van der Waals surface area contributed by atoms with Crippen LogP contribution in [0.25, 0.3) is 10.2 Å². The molecule has 1 amide bonds. The molecule has 0 bridgehead atoms. The standard InChI is InChI=1S/C18H16N2O5S/c1-22-11-8-14(23-2)16-15(9-11)26-18(19-16)20-17(21)10-3-4-12-13(7-10)25-6-5-24-12/h3-4,7-9H,5-6H2,1-2H3,(H,19,20,21). The van der Waals surface area contributed by atoms with Crippen LogP contribution in [0.15, 0.2) is 30.3 Å². The lowest BCUT2D eigenvalue weighted by molar-refractivity contribution is 0.102. The van der Waals surface area contributed by atoms with Gasteiger partial charge in [-0.15, -0.1) is 0 Å². The number of carbonyl (C=O) groups excluding carboxylic acids is 1. The minimum Gasteiger partial charge on any atom is -0.497 e. The Morgan fingerprint density at radius 1 is 1.12 bits per heavy atom. The molecule has 26 heavy (non-hydrogen) atoms. The first-order valence-corrected chi connectivity index (χ1v) is 8.73. The summed E-state index contributed by atoms with van der Waals surface area (Å²) < 4.78 is 22.5. The summed E-state index contributed by atoms with van der Waals surface area (Å²) in [4.78, 5) is 17.0. The summed E-state index contributed by atoms with van der Waals surface area (Å²) in [5.74, 6) is 2.20. The molecule has 1 N–H and O–H groups in total. The highest BCUT2D eigenvalue weighted by molar-refractivity contribution is 7.22. The van der Waals surface area contributed by atoms with Gasteiger partial charge in [0.15, 0.2) is 16.6 Å². The van der Waals surface area contributed by atoms with Gasteiger partial charge in [0.25, 0.3) is 5.91 Å². The molecule has 2 heterocycles. The van der Waals surface area contributed by atoms with Crippen LogP contribution in [0.4, 0.5) is 5.13 Å². The van der Waals surface area contributed by atoms with E-state index in [1.165, 1.54) is 11.3 Å². The fourth-order valence-corrected chi connectivity index (χ4v) is 3.56. The number of carbonyl (C=O) groups is 1. The third kappa shape index (κ3) is 2.99. The number of fused-ring (bicyclic) bond motifs is 2. The van der Waals surface area contributed by atoms with E-state index in [1.807, 2.05) is 6.07 Å². The maximum absolute atomic E-state index is 12.6. The Labute approximate surface area is 153 Å². The number of anilines is 1. The van der Waals surface area contributed by atoms with E-state index in [0.29, 0.717) is 52.4 Å². The molecule has 0 saturated heterocycles. The topological polar surface area (TPSA) is 78.9 Å². The maximum atomic E-state index is 12.6. The Kier molecular flexibility index (Phi) is 4.26. The van der Waals surface area contributed by atoms with E-state index in [0.717, 1.165) is 4.70 Å². The van der Waals surface area contributed by atoms with Gasteiger partial charge in [0.2, 0.25) is 0 Å². The molecule has 1 aliphatic heterocycles. The molecular formula is C18H16N2O5S. The first-order chi connectivity index (χ1) is 12.7. The molecule has 134 valence electrons. The van der Waals surface area contributed by atoms with Crippen LogP contribution in [-0.4, -0.2) is 38.3 Å². The van der Waals surface area contributed by atoms with Crippen molar-refractivity contribution in [3.63, 3.8) is 0 Å². The van der Waals surface area contributed by atoms with Gasteiger partial charge in [-0.05, 0) is 24.3 Å². The number of amides is 1. The highest BCUT2D eigenvalue weighted by Gasteiger charge is 2.17. The van der Waals surface area contributed by atoms with Crippen LogP contribution in [0.2, 0.25) is 0 Å². The van der Waals surface area contributed by atoms with E-state index in [4.69, 9.17) is 18.9 Å². The largest absolute Gasteiger partial charge is 0.497 e. The molecule has 0 spiro atoms. The van der Waals surface area contributed by atoms with E-state index in [1.54, 1.807) is 38.5 Å². The Morgan fingerprint density at radius 2 is 1.92 bits per heavy atom. The first-order valence-electron chi connectivity index (χ1n) is 7.91. The molecule has 3 aromatic rings. The van der Waals surface area contributed by atoms with E-state index < -0.39 is 0 Å². The highest BCUT2D eigenvalue weighted by Crippen LogP contribution is 2.36. The van der Waals surface area contributed by atoms with Crippen molar-refractivity contribution in [2.75, 3.05) is 32.8 Å². The van der Waals surface area contributed by atoms with Crippen LogP contribution in [-0.2, 0) is 0 Å². The van der Waals surface area contributed by atoms with Crippen molar-refractivity contribution in [2.45, 2.75) is 0 Å². The first kappa shape index (κ1) is 16.5. The van der Waals surface area contributed by atoms with Gasteiger partial charge in [-0.2, -0.15) is 0 Å². The van der Waals surface area contributed by atoms with Crippen molar-refractivity contribution in [3.8, 4) is 23.0 Å². The summed E-state index contributed by atoms with van der Waals surface area (Å²) in [6, 6.07) is 8.71. The molecule has 0 fully saturated rings. The minimum atomic E-state index is -0.271. The van der Waals surface area contributed by atoms with Gasteiger partial charge in [-0.25, -0.2) is 4.98 Å². The van der Waals surface area contributed by atoms with Crippen molar-refractivity contribution in [2.24, 2.45) is 0 Å². The van der Waals surface area contributed by atoms with Gasteiger partial charge in [0.05, 0.1) is 18.9 Å². The van der Waals surface area contributed by atoms with Gasteiger partial charge in [-0.3, -0.25) is 10.1 Å². The molecule has 4 rings (SSSR count). The van der Waals surface area contributed by atoms with E-state index in [-0.39, 0.29) is 5.91 Å². The van der Waals surface area contributed by atoms with Gasteiger partial charge in [0, 0.05) is 11.6 Å². The third-order valence-corrected chi connectivity index (χ3v) is 4.83. The molecule has 0 radical (unpaired) electrons. The molecular weight excluding hydrogens is 356 g/mol. The minimum absolute atomic E-state index is 0.271. The van der Waals surface area contributed by atoms with E-state index in [9.17, 15) is 4.79 Å². The summed E-state index contributed by atoms with van der Waals surface area (Å²) >= 11 is 1.35. The van der Waals surface area contributed by atoms with Crippen LogP contribution >= 0.6 is 11.3 Å². The summed E-state index contributed by atoms with van der Waals surface area (Å²) in [5.41, 5.74) is 1.15. The molecule has 1 aromatic heterocycles. The Morgan fingerprint density at radius 3 is 2.69 bits per heavy atom. The van der Waals surface area contributed by atoms with Gasteiger partial charge < -0.3 is 18.9 Å². The predicted octanol–water partition coefficient (Wildman–Crippen LogP) is 3.34. The number of ether oxygens (including phenoxy) is 4. The fraction of sp³-hybridized carbons (Fsp3) is 0.222. The second kappa shape index (κ2) is 6.72. The number of hydrogen-bond donors (Lipinski definition) is 1. The smallest absolute Gasteiger partial charge is 0.257 e. The number of benzene rings is 2. The number of nitrogens with zero attached hydrogens (tertiary/aromatic N) is 1. The van der Waals surface area contributed by atoms with Gasteiger partial charge in [0.1, 0.15) is 30.2 Å². The number of methoxy groups -OCH3 is 2. The summed E-state index contributed by atoms with van der Waals surface area (Å²) in [5, 5.41) is 3.30. The second-order valence-corrected chi connectivity index (χ2v) is 6.54. The van der Waals surface area contributed by atoms with E-state index >= 15 is 0 Å². The molecule has 8 heteroatoms. The molecule has 0 aliphatic carbocycles. The number of nitrogens with one attached hydrogen (secondary N) is 1. The molecule has 1 aliphatic rings. The molecule has 7 nitrogen and oxygen atoms in total. The lowest BCUT2D eigenvalue weighted by atomic mass is 10.2. The van der Waals surface area contributed by atoms with Crippen molar-refractivity contribution >= 4 is 32.6 Å². The SMILES string of the molecule is COc1cc(OC)c2nc(NC(=O)c3ccc4c(c3)OCCO4)sc2c1. The molecule has 2 aromatic carbocycles. The summed E-state index contributed by atoms with van der Waals surface area (Å²) in [7, 11) is 3.16. The number of aromatic nitrogens is 1. The van der Waals surface area contributed by atoms with Crippen LogP contribution in [0.1, 0.15) is 10.4 Å². The zero-order chi connectivity index (χ0) is 18.1. The lowest BCUT2D eigenvalue weighted by Crippen LogP contribution is -2.17. The number of thiazole rings is 1.